The van der Waals surface area contributed by atoms with E-state index >= 15 is 0 Å². The van der Waals surface area contributed by atoms with E-state index in [1.165, 1.54) is 21.4 Å². The van der Waals surface area contributed by atoms with Crippen LogP contribution < -0.4 is 16.6 Å². The summed E-state index contributed by atoms with van der Waals surface area (Å²) in [7, 11) is 1.64. The highest BCUT2D eigenvalue weighted by atomic mass is 16.2. The molecule has 1 N–H and O–H groups in total. The lowest BCUT2D eigenvalue weighted by molar-refractivity contribution is 0.363. The molecule has 0 radical (unpaired) electrons. The fourth-order valence-corrected chi connectivity index (χ4v) is 1.45. The summed E-state index contributed by atoms with van der Waals surface area (Å²) >= 11 is 0. The van der Waals surface area contributed by atoms with E-state index in [9.17, 15) is 9.59 Å². The van der Waals surface area contributed by atoms with E-state index in [0.29, 0.717) is 13.1 Å². The van der Waals surface area contributed by atoms with Crippen LogP contribution >= 0.6 is 0 Å². The Balaban J connectivity index is 2.74. The maximum atomic E-state index is 11.7. The zero-order valence-corrected chi connectivity index (χ0v) is 11.0. The largest absolute Gasteiger partial charge is 0.330 e. The Morgan fingerprint density at radius 2 is 2.00 bits per heavy atom. The average molecular weight is 239 g/mol. The zero-order valence-electron chi connectivity index (χ0n) is 11.0. The van der Waals surface area contributed by atoms with Gasteiger partial charge in [0.25, 0.3) is 5.56 Å². The molecule has 0 amide bonds. The lowest BCUT2D eigenvalue weighted by atomic mass is 10.0. The van der Waals surface area contributed by atoms with Crippen molar-refractivity contribution >= 4 is 0 Å². The van der Waals surface area contributed by atoms with Gasteiger partial charge in [0.15, 0.2) is 0 Å². The lowest BCUT2D eigenvalue weighted by Gasteiger charge is -2.24. The summed E-state index contributed by atoms with van der Waals surface area (Å²) in [5.74, 6) is 0. The summed E-state index contributed by atoms with van der Waals surface area (Å²) in [6.07, 6.45) is 2.49. The van der Waals surface area contributed by atoms with Gasteiger partial charge in [-0.3, -0.25) is 9.36 Å². The maximum absolute atomic E-state index is 11.7. The first-order chi connectivity index (χ1) is 7.87. The van der Waals surface area contributed by atoms with Gasteiger partial charge in [-0.2, -0.15) is 0 Å². The molecule has 0 aromatic carbocycles. The highest BCUT2D eigenvalue weighted by Crippen LogP contribution is 2.05. The first-order valence-corrected chi connectivity index (χ1v) is 5.89. The van der Waals surface area contributed by atoms with Crippen LogP contribution in [0.25, 0.3) is 0 Å². The van der Waals surface area contributed by atoms with Crippen molar-refractivity contribution in [1.82, 2.24) is 14.5 Å². The molecule has 1 heterocycles. The number of hydrogen-bond donors (Lipinski definition) is 1. The van der Waals surface area contributed by atoms with E-state index in [-0.39, 0.29) is 16.8 Å². The SMILES string of the molecule is CCC(C)(C)NCCn1c(=O)ccn(C)c1=O. The minimum Gasteiger partial charge on any atom is -0.310 e. The lowest BCUT2D eigenvalue weighted by Crippen LogP contribution is -2.44. The fraction of sp³-hybridized carbons (Fsp3) is 0.667. The van der Waals surface area contributed by atoms with Crippen LogP contribution in [0.2, 0.25) is 0 Å². The van der Waals surface area contributed by atoms with Crippen molar-refractivity contribution in [1.29, 1.82) is 0 Å². The predicted molar refractivity (Wildman–Crippen MR) is 68.3 cm³/mol. The molecule has 1 aromatic rings. The highest BCUT2D eigenvalue weighted by Gasteiger charge is 2.13. The van der Waals surface area contributed by atoms with Crippen LogP contribution in [0.15, 0.2) is 21.9 Å². The van der Waals surface area contributed by atoms with Crippen LogP contribution in [0.5, 0.6) is 0 Å². The number of hydrogen-bond acceptors (Lipinski definition) is 3. The van der Waals surface area contributed by atoms with Gasteiger partial charge in [0.05, 0.1) is 0 Å². The molecule has 1 aromatic heterocycles. The molecule has 1 rings (SSSR count). The number of rotatable bonds is 5. The van der Waals surface area contributed by atoms with E-state index in [1.807, 2.05) is 0 Å². The third kappa shape index (κ3) is 3.56. The van der Waals surface area contributed by atoms with Crippen molar-refractivity contribution in [2.75, 3.05) is 6.54 Å². The molecule has 96 valence electrons. The summed E-state index contributed by atoms with van der Waals surface area (Å²) in [4.78, 5) is 23.3. The second-order valence-corrected chi connectivity index (χ2v) is 4.86. The van der Waals surface area contributed by atoms with Gasteiger partial charge in [-0.15, -0.1) is 0 Å². The Morgan fingerprint density at radius 3 is 2.59 bits per heavy atom. The molecule has 5 heteroatoms. The normalized spacial score (nSPS) is 11.8. The molecule has 0 aliphatic carbocycles. The van der Waals surface area contributed by atoms with Gasteiger partial charge < -0.3 is 9.88 Å². The highest BCUT2D eigenvalue weighted by molar-refractivity contribution is 4.86. The van der Waals surface area contributed by atoms with Gasteiger partial charge in [0.1, 0.15) is 0 Å². The summed E-state index contributed by atoms with van der Waals surface area (Å²) in [6, 6.07) is 1.41. The monoisotopic (exact) mass is 239 g/mol. The maximum Gasteiger partial charge on any atom is 0.330 e. The first kappa shape index (κ1) is 13.7. The Labute approximate surface area is 101 Å². The first-order valence-electron chi connectivity index (χ1n) is 5.89. The van der Waals surface area contributed by atoms with E-state index < -0.39 is 0 Å². The van der Waals surface area contributed by atoms with Gasteiger partial charge in [-0.1, -0.05) is 6.92 Å². The van der Waals surface area contributed by atoms with Gasteiger partial charge >= 0.3 is 5.69 Å². The summed E-state index contributed by atoms with van der Waals surface area (Å²) in [5.41, 5.74) is -0.485. The Bertz CT molecular complexity index is 485. The molecular formula is C12H21N3O2. The topological polar surface area (TPSA) is 56.0 Å². The smallest absolute Gasteiger partial charge is 0.310 e. The van der Waals surface area contributed by atoms with Gasteiger partial charge in [-0.25, -0.2) is 4.79 Å². The summed E-state index contributed by atoms with van der Waals surface area (Å²) in [5, 5.41) is 3.32. The van der Waals surface area contributed by atoms with Crippen LogP contribution in [-0.2, 0) is 13.6 Å². The minimum absolute atomic E-state index is 0.0314. The van der Waals surface area contributed by atoms with E-state index in [2.05, 4.69) is 26.1 Å². The van der Waals surface area contributed by atoms with Crippen molar-refractivity contribution in [2.24, 2.45) is 7.05 Å². The molecule has 0 atom stereocenters. The molecule has 0 saturated heterocycles. The quantitative estimate of drug-likeness (QED) is 0.805. The Morgan fingerprint density at radius 1 is 1.35 bits per heavy atom. The molecular weight excluding hydrogens is 218 g/mol. The number of nitrogens with one attached hydrogen (secondary N) is 1. The number of nitrogens with zero attached hydrogens (tertiary/aromatic N) is 2. The Kier molecular flexibility index (Phi) is 4.28. The van der Waals surface area contributed by atoms with E-state index in [0.717, 1.165) is 6.42 Å². The Hall–Kier alpha value is -1.36. The van der Waals surface area contributed by atoms with Crippen molar-refractivity contribution in [3.8, 4) is 0 Å². The summed E-state index contributed by atoms with van der Waals surface area (Å²) in [6.45, 7) is 7.30. The van der Waals surface area contributed by atoms with Gasteiger partial charge in [0.2, 0.25) is 0 Å². The van der Waals surface area contributed by atoms with Crippen molar-refractivity contribution in [3.05, 3.63) is 33.1 Å². The van der Waals surface area contributed by atoms with Crippen LogP contribution in [-0.4, -0.2) is 21.2 Å². The third-order valence-corrected chi connectivity index (χ3v) is 3.06. The van der Waals surface area contributed by atoms with Crippen molar-refractivity contribution in [2.45, 2.75) is 39.3 Å². The molecule has 0 saturated carbocycles. The summed E-state index contributed by atoms with van der Waals surface area (Å²) < 4.78 is 2.66. The zero-order chi connectivity index (χ0) is 13.1. The predicted octanol–water partition coefficient (Wildman–Crippen LogP) is 0.325. The molecule has 5 nitrogen and oxygen atoms in total. The van der Waals surface area contributed by atoms with E-state index in [4.69, 9.17) is 0 Å². The van der Waals surface area contributed by atoms with Gasteiger partial charge in [0, 0.05) is 37.9 Å². The molecule has 0 aliphatic heterocycles. The second-order valence-electron chi connectivity index (χ2n) is 4.86. The number of aryl methyl sites for hydroxylation is 1. The van der Waals surface area contributed by atoms with E-state index in [1.54, 1.807) is 7.05 Å². The second kappa shape index (κ2) is 5.31. The standard InChI is InChI=1S/C12H21N3O2/c1-5-12(2,3)13-7-9-15-10(16)6-8-14(4)11(15)17/h6,8,13H,5,7,9H2,1-4H3. The van der Waals surface area contributed by atoms with Crippen LogP contribution in [0.1, 0.15) is 27.2 Å². The fourth-order valence-electron chi connectivity index (χ4n) is 1.45. The number of aromatic nitrogens is 2. The molecule has 0 fully saturated rings. The average Bonchev–Trinajstić information content (AvgIpc) is 2.28. The van der Waals surface area contributed by atoms with Crippen LogP contribution in [0, 0.1) is 0 Å². The van der Waals surface area contributed by atoms with Crippen molar-refractivity contribution < 1.29 is 0 Å². The van der Waals surface area contributed by atoms with Crippen LogP contribution in [0.4, 0.5) is 0 Å². The van der Waals surface area contributed by atoms with Crippen molar-refractivity contribution in [3.63, 3.8) is 0 Å². The molecule has 0 bridgehead atoms. The molecule has 0 aliphatic rings. The van der Waals surface area contributed by atoms with Gasteiger partial charge in [-0.05, 0) is 20.3 Å². The third-order valence-electron chi connectivity index (χ3n) is 3.06. The molecule has 17 heavy (non-hydrogen) atoms. The molecule has 0 unspecified atom stereocenters. The minimum atomic E-state index is -0.270. The van der Waals surface area contributed by atoms with Crippen LogP contribution in [0.3, 0.4) is 0 Å². The molecule has 0 spiro atoms.